The van der Waals surface area contributed by atoms with Crippen molar-refractivity contribution < 1.29 is 17.7 Å². The Morgan fingerprint density at radius 1 is 1.14 bits per heavy atom. The number of hydrogen-bond acceptors (Lipinski definition) is 6. The molecule has 29 heavy (non-hydrogen) atoms. The number of aromatic nitrogens is 2. The van der Waals surface area contributed by atoms with Gasteiger partial charge in [-0.2, -0.15) is 9.29 Å². The normalized spacial score (nSPS) is 11.6. The molecule has 0 aliphatic rings. The number of hydrogen-bond donors (Lipinski definition) is 1. The molecule has 0 bridgehead atoms. The van der Waals surface area contributed by atoms with E-state index in [0.29, 0.717) is 10.8 Å². The lowest BCUT2D eigenvalue weighted by atomic mass is 10.2. The van der Waals surface area contributed by atoms with Crippen LogP contribution in [0.3, 0.4) is 0 Å². The Bertz CT molecular complexity index is 1070. The van der Waals surface area contributed by atoms with Crippen molar-refractivity contribution in [3.8, 4) is 11.4 Å². The summed E-state index contributed by atoms with van der Waals surface area (Å²) in [6.07, 6.45) is 1.07. The van der Waals surface area contributed by atoms with Crippen LogP contribution in [-0.2, 0) is 27.9 Å². The molecule has 1 amide bonds. The number of halogens is 1. The third kappa shape index (κ3) is 6.11. The predicted molar refractivity (Wildman–Crippen MR) is 108 cm³/mol. The summed E-state index contributed by atoms with van der Waals surface area (Å²) in [6.45, 7) is -0.220. The highest BCUT2D eigenvalue weighted by Crippen LogP contribution is 2.18. The van der Waals surface area contributed by atoms with Gasteiger partial charge in [-0.1, -0.05) is 47.1 Å². The average Bonchev–Trinajstić information content (AvgIpc) is 3.16. The van der Waals surface area contributed by atoms with Crippen molar-refractivity contribution in [1.82, 2.24) is 19.8 Å². The van der Waals surface area contributed by atoms with E-state index in [1.54, 1.807) is 36.4 Å². The molecule has 0 unspecified atom stereocenters. The van der Waals surface area contributed by atoms with E-state index in [9.17, 15) is 13.2 Å². The molecule has 0 aliphatic carbocycles. The van der Waals surface area contributed by atoms with Crippen molar-refractivity contribution in [3.63, 3.8) is 0 Å². The standard InChI is InChI=1S/C19H19ClN4O4S/c1-29(26,27)24(12-14-5-3-2-4-6-14)13-17(25)21-11-18-22-19(23-28-18)15-7-9-16(20)10-8-15/h2-10H,11-13H2,1H3,(H,21,25). The fourth-order valence-electron chi connectivity index (χ4n) is 2.51. The largest absolute Gasteiger partial charge is 0.346 e. The van der Waals surface area contributed by atoms with E-state index < -0.39 is 15.9 Å². The zero-order valence-corrected chi connectivity index (χ0v) is 17.2. The number of carbonyl (C=O) groups excluding carboxylic acids is 1. The summed E-state index contributed by atoms with van der Waals surface area (Å²) in [4.78, 5) is 16.5. The first-order chi connectivity index (χ1) is 13.8. The van der Waals surface area contributed by atoms with Gasteiger partial charge in [-0.3, -0.25) is 4.79 Å². The third-order valence-electron chi connectivity index (χ3n) is 4.00. The minimum atomic E-state index is -3.57. The van der Waals surface area contributed by atoms with Crippen molar-refractivity contribution in [3.05, 3.63) is 71.1 Å². The van der Waals surface area contributed by atoms with Gasteiger partial charge in [0.1, 0.15) is 0 Å². The van der Waals surface area contributed by atoms with E-state index in [2.05, 4.69) is 15.5 Å². The number of nitrogens with one attached hydrogen (secondary N) is 1. The smallest absolute Gasteiger partial charge is 0.246 e. The second kappa shape index (κ2) is 9.17. The van der Waals surface area contributed by atoms with Crippen molar-refractivity contribution in [1.29, 1.82) is 0 Å². The Morgan fingerprint density at radius 2 is 1.83 bits per heavy atom. The molecule has 2 aromatic carbocycles. The summed E-state index contributed by atoms with van der Waals surface area (Å²) in [5.74, 6) is 0.0996. The molecule has 8 nitrogen and oxygen atoms in total. The Kier molecular flexibility index (Phi) is 6.63. The Morgan fingerprint density at radius 3 is 2.48 bits per heavy atom. The van der Waals surface area contributed by atoms with Crippen LogP contribution in [0.15, 0.2) is 59.1 Å². The highest BCUT2D eigenvalue weighted by Gasteiger charge is 2.21. The number of sulfonamides is 1. The van der Waals surface area contributed by atoms with Crippen molar-refractivity contribution in [2.75, 3.05) is 12.8 Å². The Labute approximate surface area is 173 Å². The van der Waals surface area contributed by atoms with E-state index in [0.717, 1.165) is 21.7 Å². The van der Waals surface area contributed by atoms with Crippen LogP contribution in [-0.4, -0.2) is 41.6 Å². The summed E-state index contributed by atoms with van der Waals surface area (Å²) in [7, 11) is -3.57. The van der Waals surface area contributed by atoms with Gasteiger partial charge in [0.15, 0.2) is 0 Å². The zero-order valence-electron chi connectivity index (χ0n) is 15.6. The molecule has 1 aromatic heterocycles. The molecule has 152 valence electrons. The lowest BCUT2D eigenvalue weighted by molar-refractivity contribution is -0.121. The fourth-order valence-corrected chi connectivity index (χ4v) is 3.37. The maximum atomic E-state index is 12.3. The zero-order chi connectivity index (χ0) is 20.9. The van der Waals surface area contributed by atoms with Gasteiger partial charge in [-0.05, 0) is 29.8 Å². The maximum Gasteiger partial charge on any atom is 0.246 e. The number of rotatable bonds is 8. The van der Waals surface area contributed by atoms with Gasteiger partial charge in [0.05, 0.1) is 19.3 Å². The van der Waals surface area contributed by atoms with Crippen molar-refractivity contribution in [2.45, 2.75) is 13.1 Å². The first-order valence-electron chi connectivity index (χ1n) is 8.65. The van der Waals surface area contributed by atoms with Gasteiger partial charge in [0, 0.05) is 17.1 Å². The first-order valence-corrected chi connectivity index (χ1v) is 10.9. The highest BCUT2D eigenvalue weighted by molar-refractivity contribution is 7.88. The number of carbonyl (C=O) groups is 1. The van der Waals surface area contributed by atoms with E-state index in [1.807, 2.05) is 18.2 Å². The molecule has 0 radical (unpaired) electrons. The van der Waals surface area contributed by atoms with Crippen molar-refractivity contribution in [2.24, 2.45) is 0 Å². The van der Waals surface area contributed by atoms with Crippen LogP contribution in [0.5, 0.6) is 0 Å². The molecule has 0 spiro atoms. The molecule has 0 aliphatic heterocycles. The topological polar surface area (TPSA) is 105 Å². The van der Waals surface area contributed by atoms with Gasteiger partial charge in [-0.15, -0.1) is 0 Å². The molecular weight excluding hydrogens is 416 g/mol. The first kappa shape index (κ1) is 21.0. The molecule has 0 saturated carbocycles. The van der Waals surface area contributed by atoms with Gasteiger partial charge >= 0.3 is 0 Å². The predicted octanol–water partition coefficient (Wildman–Crippen LogP) is 2.47. The third-order valence-corrected chi connectivity index (χ3v) is 5.45. The van der Waals surface area contributed by atoms with Crippen LogP contribution >= 0.6 is 11.6 Å². The maximum absolute atomic E-state index is 12.3. The quantitative estimate of drug-likeness (QED) is 0.583. The molecule has 10 heteroatoms. The van der Waals surface area contributed by atoms with Crippen molar-refractivity contribution >= 4 is 27.5 Å². The summed E-state index contributed by atoms with van der Waals surface area (Å²) in [5, 5.41) is 7.06. The van der Waals surface area contributed by atoms with Crippen LogP contribution in [0.1, 0.15) is 11.5 Å². The highest BCUT2D eigenvalue weighted by atomic mass is 35.5. The SMILES string of the molecule is CS(=O)(=O)N(CC(=O)NCc1nc(-c2ccc(Cl)cc2)no1)Cc1ccccc1. The Hall–Kier alpha value is -2.75. The summed E-state index contributed by atoms with van der Waals surface area (Å²) in [5.41, 5.74) is 1.51. The molecule has 0 atom stereocenters. The molecule has 3 aromatic rings. The minimum absolute atomic E-state index is 0.0115. The van der Waals surface area contributed by atoms with E-state index in [-0.39, 0.29) is 25.5 Å². The monoisotopic (exact) mass is 434 g/mol. The fraction of sp³-hybridized carbons (Fsp3) is 0.211. The molecule has 3 rings (SSSR count). The van der Waals surface area contributed by atoms with E-state index in [1.165, 1.54) is 0 Å². The second-order valence-corrected chi connectivity index (χ2v) is 8.73. The Balaban J connectivity index is 1.59. The number of benzene rings is 2. The van der Waals surface area contributed by atoms with E-state index >= 15 is 0 Å². The van der Waals surface area contributed by atoms with Gasteiger partial charge < -0.3 is 9.84 Å². The van der Waals surface area contributed by atoms with Crippen LogP contribution in [0.4, 0.5) is 0 Å². The lowest BCUT2D eigenvalue weighted by Crippen LogP contribution is -2.39. The molecule has 1 N–H and O–H groups in total. The summed E-state index contributed by atoms with van der Waals surface area (Å²) in [6, 6.07) is 16.0. The van der Waals surface area contributed by atoms with Gasteiger partial charge in [-0.25, -0.2) is 8.42 Å². The van der Waals surface area contributed by atoms with Gasteiger partial charge in [0.2, 0.25) is 27.6 Å². The summed E-state index contributed by atoms with van der Waals surface area (Å²) >= 11 is 5.85. The van der Waals surface area contributed by atoms with Gasteiger partial charge in [0.25, 0.3) is 0 Å². The molecule has 1 heterocycles. The van der Waals surface area contributed by atoms with E-state index in [4.69, 9.17) is 16.1 Å². The summed E-state index contributed by atoms with van der Waals surface area (Å²) < 4.78 is 30.3. The molecular formula is C19H19ClN4O4S. The van der Waals surface area contributed by atoms with Crippen LogP contribution in [0.25, 0.3) is 11.4 Å². The number of nitrogens with zero attached hydrogens (tertiary/aromatic N) is 3. The van der Waals surface area contributed by atoms with Crippen LogP contribution in [0.2, 0.25) is 5.02 Å². The lowest BCUT2D eigenvalue weighted by Gasteiger charge is -2.19. The second-order valence-electron chi connectivity index (χ2n) is 6.31. The minimum Gasteiger partial charge on any atom is -0.346 e. The molecule has 0 saturated heterocycles. The molecule has 0 fully saturated rings. The van der Waals surface area contributed by atoms with Crippen LogP contribution in [0, 0.1) is 0 Å². The van der Waals surface area contributed by atoms with Crippen LogP contribution < -0.4 is 5.32 Å². The average molecular weight is 435 g/mol. The number of amides is 1.